The first-order valence-corrected chi connectivity index (χ1v) is 9.70. The maximum Gasteiger partial charge on any atom is 0.431 e. The van der Waals surface area contributed by atoms with Crippen LogP contribution in [0.25, 0.3) is 17.0 Å². The Morgan fingerprint density at radius 3 is 2.28 bits per heavy atom. The lowest BCUT2D eigenvalue weighted by Gasteiger charge is -2.13. The molecule has 0 aliphatic carbocycles. The van der Waals surface area contributed by atoms with Crippen molar-refractivity contribution in [3.63, 3.8) is 0 Å². The largest absolute Gasteiger partial charge is 0.493 e. The molecule has 0 unspecified atom stereocenters. The van der Waals surface area contributed by atoms with Crippen molar-refractivity contribution in [2.24, 2.45) is 0 Å². The smallest absolute Gasteiger partial charge is 0.431 e. The first-order chi connectivity index (χ1) is 15.3. The quantitative estimate of drug-likeness (QED) is 0.515. The molecule has 1 heterocycles. The lowest BCUT2D eigenvalue weighted by atomic mass is 10.1. The van der Waals surface area contributed by atoms with Gasteiger partial charge in [0.15, 0.2) is 11.5 Å². The first kappa shape index (κ1) is 23.1. The van der Waals surface area contributed by atoms with E-state index in [-0.39, 0.29) is 13.1 Å². The Morgan fingerprint density at radius 2 is 1.69 bits per heavy atom. The number of ether oxygens (including phenoxy) is 3. The van der Waals surface area contributed by atoms with E-state index < -0.39 is 17.8 Å². The Bertz CT molecular complexity index is 1110. The number of nitrogens with one attached hydrogen (secondary N) is 1. The fraction of sp³-hybridized carbons (Fsp3) is 0.261. The van der Waals surface area contributed by atoms with E-state index in [4.69, 9.17) is 14.2 Å². The third-order valence-corrected chi connectivity index (χ3v) is 4.85. The van der Waals surface area contributed by atoms with Gasteiger partial charge in [-0.2, -0.15) is 13.2 Å². The Morgan fingerprint density at radius 1 is 1.03 bits per heavy atom. The van der Waals surface area contributed by atoms with Crippen molar-refractivity contribution in [1.29, 1.82) is 0 Å². The summed E-state index contributed by atoms with van der Waals surface area (Å²) in [6.45, 7) is 0.00625. The molecule has 0 saturated heterocycles. The predicted octanol–water partition coefficient (Wildman–Crippen LogP) is 4.52. The number of rotatable bonds is 8. The number of aromatic nitrogens is 1. The number of hydrogen-bond donors (Lipinski definition) is 1. The van der Waals surface area contributed by atoms with Crippen LogP contribution in [0.3, 0.4) is 0 Å². The summed E-state index contributed by atoms with van der Waals surface area (Å²) in [5, 5.41) is 3.11. The molecule has 0 saturated carbocycles. The van der Waals surface area contributed by atoms with E-state index in [0.717, 1.165) is 6.07 Å². The highest BCUT2D eigenvalue weighted by Crippen LogP contribution is 2.38. The molecule has 0 atom stereocenters. The zero-order chi connectivity index (χ0) is 23.3. The SMILES string of the molecule is COc1cc(/C=C/C(=O)NCCn2c(C(F)(F)F)cc3ccccc32)cc(OC)c1OC. The standard InChI is InChI=1S/C23H23F3N2O4/c1-30-18-12-15(13-19(31-2)22(18)32-3)8-9-21(29)27-10-11-28-17-7-5-4-6-16(17)14-20(28)23(24,25)26/h4-9,12-14H,10-11H2,1-3H3,(H,27,29)/b9-8+. The highest BCUT2D eigenvalue weighted by molar-refractivity contribution is 5.92. The van der Waals surface area contributed by atoms with Crippen molar-refractivity contribution >= 4 is 22.9 Å². The number of amides is 1. The molecule has 3 aromatic rings. The van der Waals surface area contributed by atoms with Crippen LogP contribution in [0.1, 0.15) is 11.3 Å². The minimum Gasteiger partial charge on any atom is -0.493 e. The summed E-state index contributed by atoms with van der Waals surface area (Å²) < 4.78 is 57.2. The Labute approximate surface area is 183 Å². The number of carbonyl (C=O) groups is 1. The number of para-hydroxylation sites is 1. The van der Waals surface area contributed by atoms with Gasteiger partial charge >= 0.3 is 6.18 Å². The fourth-order valence-electron chi connectivity index (χ4n) is 3.41. The third kappa shape index (κ3) is 4.99. The second-order valence-corrected chi connectivity index (χ2v) is 6.82. The average molecular weight is 448 g/mol. The minimum absolute atomic E-state index is 0.0217. The molecular weight excluding hydrogens is 425 g/mol. The van der Waals surface area contributed by atoms with Gasteiger partial charge in [0.25, 0.3) is 0 Å². The van der Waals surface area contributed by atoms with Crippen molar-refractivity contribution in [2.45, 2.75) is 12.7 Å². The highest BCUT2D eigenvalue weighted by atomic mass is 19.4. The van der Waals surface area contributed by atoms with Crippen molar-refractivity contribution in [1.82, 2.24) is 9.88 Å². The minimum atomic E-state index is -4.49. The maximum absolute atomic E-state index is 13.4. The molecule has 1 N–H and O–H groups in total. The summed E-state index contributed by atoms with van der Waals surface area (Å²) in [5.74, 6) is 0.858. The van der Waals surface area contributed by atoms with Crippen LogP contribution in [0.2, 0.25) is 0 Å². The van der Waals surface area contributed by atoms with Crippen molar-refractivity contribution < 1.29 is 32.2 Å². The Kier molecular flexibility index (Phi) is 6.97. The number of benzene rings is 2. The van der Waals surface area contributed by atoms with Crippen molar-refractivity contribution in [3.05, 3.63) is 59.8 Å². The summed E-state index contributed by atoms with van der Waals surface area (Å²) in [6.07, 6.45) is -1.65. The van der Waals surface area contributed by atoms with E-state index in [2.05, 4.69) is 5.32 Å². The second kappa shape index (κ2) is 9.67. The van der Waals surface area contributed by atoms with Crippen LogP contribution in [0.15, 0.2) is 48.5 Å². The van der Waals surface area contributed by atoms with Gasteiger partial charge in [-0.05, 0) is 35.9 Å². The number of fused-ring (bicyclic) bond motifs is 1. The molecule has 170 valence electrons. The fourth-order valence-corrected chi connectivity index (χ4v) is 3.41. The number of hydrogen-bond acceptors (Lipinski definition) is 4. The molecule has 9 heteroatoms. The Hall–Kier alpha value is -3.62. The highest BCUT2D eigenvalue weighted by Gasteiger charge is 2.35. The lowest BCUT2D eigenvalue weighted by molar-refractivity contribution is -0.143. The molecule has 0 radical (unpaired) electrons. The van der Waals surface area contributed by atoms with E-state index in [1.807, 2.05) is 0 Å². The maximum atomic E-state index is 13.4. The monoisotopic (exact) mass is 448 g/mol. The number of carbonyl (C=O) groups excluding carboxylic acids is 1. The van der Waals surface area contributed by atoms with Gasteiger partial charge in [-0.1, -0.05) is 18.2 Å². The van der Waals surface area contributed by atoms with Gasteiger partial charge in [0, 0.05) is 30.1 Å². The van der Waals surface area contributed by atoms with Crippen LogP contribution in [0.5, 0.6) is 17.2 Å². The molecule has 0 bridgehead atoms. The van der Waals surface area contributed by atoms with Gasteiger partial charge in [-0.25, -0.2) is 0 Å². The molecule has 0 spiro atoms. The van der Waals surface area contributed by atoms with Crippen LogP contribution >= 0.6 is 0 Å². The van der Waals surface area contributed by atoms with Gasteiger partial charge in [-0.15, -0.1) is 0 Å². The predicted molar refractivity (Wildman–Crippen MR) is 115 cm³/mol. The summed E-state index contributed by atoms with van der Waals surface area (Å²) in [7, 11) is 4.46. The van der Waals surface area contributed by atoms with Gasteiger partial charge < -0.3 is 24.1 Å². The zero-order valence-corrected chi connectivity index (χ0v) is 17.8. The van der Waals surface area contributed by atoms with Gasteiger partial charge in [0.2, 0.25) is 11.7 Å². The van der Waals surface area contributed by atoms with Crippen molar-refractivity contribution in [2.75, 3.05) is 27.9 Å². The summed E-state index contributed by atoms with van der Waals surface area (Å²) >= 11 is 0. The van der Waals surface area contributed by atoms with Crippen LogP contribution in [0.4, 0.5) is 13.2 Å². The summed E-state index contributed by atoms with van der Waals surface area (Å²) in [5.41, 5.74) is 0.341. The third-order valence-electron chi connectivity index (χ3n) is 4.85. The number of methoxy groups -OCH3 is 3. The number of nitrogens with zero attached hydrogens (tertiary/aromatic N) is 1. The molecule has 0 aliphatic rings. The van der Waals surface area contributed by atoms with Crippen LogP contribution < -0.4 is 19.5 Å². The van der Waals surface area contributed by atoms with Crippen LogP contribution in [0, 0.1) is 0 Å². The lowest BCUT2D eigenvalue weighted by Crippen LogP contribution is -2.26. The van der Waals surface area contributed by atoms with E-state index in [1.54, 1.807) is 42.5 Å². The molecule has 1 aromatic heterocycles. The van der Waals surface area contributed by atoms with E-state index in [9.17, 15) is 18.0 Å². The van der Waals surface area contributed by atoms with Crippen LogP contribution in [-0.2, 0) is 17.5 Å². The molecule has 2 aromatic carbocycles. The molecule has 3 rings (SSSR count). The normalized spacial score (nSPS) is 11.7. The second-order valence-electron chi connectivity index (χ2n) is 6.82. The zero-order valence-electron chi connectivity index (χ0n) is 17.8. The summed E-state index contributed by atoms with van der Waals surface area (Å²) in [6, 6.07) is 11.1. The van der Waals surface area contributed by atoms with Gasteiger partial charge in [-0.3, -0.25) is 4.79 Å². The van der Waals surface area contributed by atoms with Gasteiger partial charge in [0.05, 0.1) is 21.3 Å². The first-order valence-electron chi connectivity index (χ1n) is 9.70. The molecule has 32 heavy (non-hydrogen) atoms. The van der Waals surface area contributed by atoms with Gasteiger partial charge in [0.1, 0.15) is 5.69 Å². The van der Waals surface area contributed by atoms with E-state index >= 15 is 0 Å². The summed E-state index contributed by atoms with van der Waals surface area (Å²) in [4.78, 5) is 12.2. The number of halogens is 3. The average Bonchev–Trinajstić information content (AvgIpc) is 3.16. The molecule has 0 aliphatic heterocycles. The van der Waals surface area contributed by atoms with Crippen LogP contribution in [-0.4, -0.2) is 38.3 Å². The molecule has 1 amide bonds. The molecular formula is C23H23F3N2O4. The van der Waals surface area contributed by atoms with Crippen molar-refractivity contribution in [3.8, 4) is 17.2 Å². The van der Waals surface area contributed by atoms with E-state index in [1.165, 1.54) is 32.0 Å². The molecule has 0 fully saturated rings. The Balaban J connectivity index is 1.70. The van der Waals surface area contributed by atoms with E-state index in [0.29, 0.717) is 33.7 Å². The molecule has 6 nitrogen and oxygen atoms in total. The topological polar surface area (TPSA) is 61.7 Å². The number of alkyl halides is 3.